The summed E-state index contributed by atoms with van der Waals surface area (Å²) in [4.78, 5) is 16.0. The Morgan fingerprint density at radius 3 is 2.48 bits per heavy atom. The first kappa shape index (κ1) is 14.8. The average molecular weight is 305 g/mol. The van der Waals surface area contributed by atoms with Gasteiger partial charge < -0.3 is 9.47 Å². The lowest BCUT2D eigenvalue weighted by atomic mass is 10.2. The van der Waals surface area contributed by atoms with Crippen molar-refractivity contribution in [1.82, 2.24) is 4.98 Å². The van der Waals surface area contributed by atoms with E-state index in [1.54, 1.807) is 42.7 Å². The minimum absolute atomic E-state index is 0.143. The van der Waals surface area contributed by atoms with Gasteiger partial charge in [-0.2, -0.15) is 0 Å². The molecule has 0 atom stereocenters. The lowest BCUT2D eigenvalue weighted by Gasteiger charge is -2.11. The molecule has 0 bridgehead atoms. The smallest absolute Gasteiger partial charge is 0.338 e. The summed E-state index contributed by atoms with van der Waals surface area (Å²) in [5.74, 6) is 0.914. The summed E-state index contributed by atoms with van der Waals surface area (Å²) in [6, 6.07) is 20.0. The average Bonchev–Trinajstić information content (AvgIpc) is 2.62. The second kappa shape index (κ2) is 7.22. The van der Waals surface area contributed by atoms with Crippen LogP contribution in [0.4, 0.5) is 0 Å². The zero-order chi connectivity index (χ0) is 15.9. The summed E-state index contributed by atoms with van der Waals surface area (Å²) in [6.07, 6.45) is 3.31. The Morgan fingerprint density at radius 2 is 1.70 bits per heavy atom. The van der Waals surface area contributed by atoms with E-state index in [1.807, 2.05) is 36.4 Å². The van der Waals surface area contributed by atoms with E-state index in [1.165, 1.54) is 0 Å². The first-order valence-electron chi connectivity index (χ1n) is 7.21. The highest BCUT2D eigenvalue weighted by molar-refractivity contribution is 5.89. The Morgan fingerprint density at radius 1 is 0.913 bits per heavy atom. The summed E-state index contributed by atoms with van der Waals surface area (Å²) >= 11 is 0. The Bertz CT molecular complexity index is 773. The Hall–Kier alpha value is -3.14. The standard InChI is InChI=1S/C19H15NO3/c21-19(15-7-2-1-3-8-15)22-14-16-9-4-5-11-18(16)23-17-10-6-12-20-13-17/h1-13H,14H2. The van der Waals surface area contributed by atoms with Crippen molar-refractivity contribution in [3.8, 4) is 11.5 Å². The number of carbonyl (C=O) groups excluding carboxylic acids is 1. The zero-order valence-corrected chi connectivity index (χ0v) is 12.4. The second-order valence-corrected chi connectivity index (χ2v) is 4.84. The van der Waals surface area contributed by atoms with E-state index in [0.717, 1.165) is 5.56 Å². The van der Waals surface area contributed by atoms with Gasteiger partial charge in [0.2, 0.25) is 0 Å². The maximum Gasteiger partial charge on any atom is 0.338 e. The number of esters is 1. The lowest BCUT2D eigenvalue weighted by molar-refractivity contribution is 0.0471. The van der Waals surface area contributed by atoms with E-state index < -0.39 is 0 Å². The van der Waals surface area contributed by atoms with Crippen LogP contribution in [0.25, 0.3) is 0 Å². The highest BCUT2D eigenvalue weighted by Gasteiger charge is 2.09. The number of carbonyl (C=O) groups is 1. The number of nitrogens with zero attached hydrogens (tertiary/aromatic N) is 1. The number of hydrogen-bond donors (Lipinski definition) is 0. The maximum absolute atomic E-state index is 12.0. The quantitative estimate of drug-likeness (QED) is 0.662. The van der Waals surface area contributed by atoms with Crippen molar-refractivity contribution in [3.05, 3.63) is 90.3 Å². The van der Waals surface area contributed by atoms with Gasteiger partial charge in [-0.25, -0.2) is 4.79 Å². The molecule has 0 spiro atoms. The molecule has 0 amide bonds. The molecule has 0 fully saturated rings. The third-order valence-corrected chi connectivity index (χ3v) is 3.20. The molecular weight excluding hydrogens is 290 g/mol. The molecule has 0 unspecified atom stereocenters. The molecule has 4 nitrogen and oxygen atoms in total. The Labute approximate surface area is 134 Å². The first-order chi connectivity index (χ1) is 11.3. The molecule has 0 aliphatic carbocycles. The highest BCUT2D eigenvalue weighted by atomic mass is 16.5. The molecule has 0 saturated heterocycles. The minimum atomic E-state index is -0.359. The third kappa shape index (κ3) is 3.95. The fourth-order valence-corrected chi connectivity index (χ4v) is 2.06. The van der Waals surface area contributed by atoms with Gasteiger partial charge in [0.15, 0.2) is 0 Å². The predicted molar refractivity (Wildman–Crippen MR) is 86.3 cm³/mol. The largest absolute Gasteiger partial charge is 0.457 e. The third-order valence-electron chi connectivity index (χ3n) is 3.20. The van der Waals surface area contributed by atoms with Crippen LogP contribution in [0, 0.1) is 0 Å². The summed E-state index contributed by atoms with van der Waals surface area (Å²) in [6.45, 7) is 0.143. The predicted octanol–water partition coefficient (Wildman–Crippen LogP) is 4.23. The molecule has 4 heteroatoms. The molecule has 1 aromatic heterocycles. The van der Waals surface area contributed by atoms with Crippen LogP contribution in [0.5, 0.6) is 11.5 Å². The number of hydrogen-bond acceptors (Lipinski definition) is 4. The van der Waals surface area contributed by atoms with Crippen molar-refractivity contribution in [2.75, 3.05) is 0 Å². The highest BCUT2D eigenvalue weighted by Crippen LogP contribution is 2.25. The van der Waals surface area contributed by atoms with Crippen molar-refractivity contribution in [1.29, 1.82) is 0 Å². The Kier molecular flexibility index (Phi) is 4.64. The topological polar surface area (TPSA) is 48.4 Å². The van der Waals surface area contributed by atoms with Crippen molar-refractivity contribution in [3.63, 3.8) is 0 Å². The van der Waals surface area contributed by atoms with Crippen LogP contribution in [0.15, 0.2) is 79.1 Å². The van der Waals surface area contributed by atoms with Gasteiger partial charge in [-0.1, -0.05) is 36.4 Å². The van der Waals surface area contributed by atoms with Crippen LogP contribution >= 0.6 is 0 Å². The van der Waals surface area contributed by atoms with Gasteiger partial charge in [-0.15, -0.1) is 0 Å². The molecule has 2 aromatic carbocycles. The van der Waals surface area contributed by atoms with Crippen LogP contribution in [0.2, 0.25) is 0 Å². The number of benzene rings is 2. The molecule has 0 aliphatic rings. The molecule has 23 heavy (non-hydrogen) atoms. The number of aromatic nitrogens is 1. The molecule has 3 rings (SSSR count). The number of pyridine rings is 1. The monoisotopic (exact) mass is 305 g/mol. The van der Waals surface area contributed by atoms with E-state index in [2.05, 4.69) is 4.98 Å². The van der Waals surface area contributed by atoms with Gasteiger partial charge in [-0.3, -0.25) is 4.98 Å². The zero-order valence-electron chi connectivity index (χ0n) is 12.4. The van der Waals surface area contributed by atoms with Crippen molar-refractivity contribution < 1.29 is 14.3 Å². The number of ether oxygens (including phenoxy) is 2. The van der Waals surface area contributed by atoms with Gasteiger partial charge >= 0.3 is 5.97 Å². The normalized spacial score (nSPS) is 10.1. The Balaban J connectivity index is 1.70. The summed E-state index contributed by atoms with van der Waals surface area (Å²) in [5, 5.41) is 0. The molecule has 3 aromatic rings. The fourth-order valence-electron chi connectivity index (χ4n) is 2.06. The van der Waals surface area contributed by atoms with Gasteiger partial charge in [0.05, 0.1) is 11.8 Å². The van der Waals surface area contributed by atoms with E-state index in [0.29, 0.717) is 17.1 Å². The van der Waals surface area contributed by atoms with Gasteiger partial charge in [0.25, 0.3) is 0 Å². The maximum atomic E-state index is 12.0. The van der Waals surface area contributed by atoms with E-state index in [9.17, 15) is 4.79 Å². The number of para-hydroxylation sites is 1. The molecule has 114 valence electrons. The molecule has 0 saturated carbocycles. The molecule has 1 heterocycles. The van der Waals surface area contributed by atoms with Crippen LogP contribution in [0.3, 0.4) is 0 Å². The van der Waals surface area contributed by atoms with Crippen molar-refractivity contribution in [2.45, 2.75) is 6.61 Å². The lowest BCUT2D eigenvalue weighted by Crippen LogP contribution is -2.05. The van der Waals surface area contributed by atoms with Crippen LogP contribution in [-0.4, -0.2) is 11.0 Å². The second-order valence-electron chi connectivity index (χ2n) is 4.84. The van der Waals surface area contributed by atoms with Crippen molar-refractivity contribution >= 4 is 5.97 Å². The van der Waals surface area contributed by atoms with Crippen LogP contribution in [-0.2, 0) is 11.3 Å². The van der Waals surface area contributed by atoms with Gasteiger partial charge in [-0.05, 0) is 30.3 Å². The molecular formula is C19H15NO3. The minimum Gasteiger partial charge on any atom is -0.457 e. The molecule has 0 aliphatic heterocycles. The van der Waals surface area contributed by atoms with Crippen LogP contribution < -0.4 is 4.74 Å². The fraction of sp³-hybridized carbons (Fsp3) is 0.0526. The van der Waals surface area contributed by atoms with E-state index >= 15 is 0 Å². The van der Waals surface area contributed by atoms with Gasteiger partial charge in [0.1, 0.15) is 18.1 Å². The SMILES string of the molecule is O=C(OCc1ccccc1Oc1cccnc1)c1ccccc1. The summed E-state index contributed by atoms with van der Waals surface area (Å²) in [5.41, 5.74) is 1.32. The molecule has 0 radical (unpaired) electrons. The van der Waals surface area contributed by atoms with Crippen LogP contribution in [0.1, 0.15) is 15.9 Å². The summed E-state index contributed by atoms with van der Waals surface area (Å²) in [7, 11) is 0. The summed E-state index contributed by atoms with van der Waals surface area (Å²) < 4.78 is 11.2. The van der Waals surface area contributed by atoms with E-state index in [-0.39, 0.29) is 12.6 Å². The van der Waals surface area contributed by atoms with Crippen molar-refractivity contribution in [2.24, 2.45) is 0 Å². The first-order valence-corrected chi connectivity index (χ1v) is 7.21. The number of rotatable bonds is 5. The van der Waals surface area contributed by atoms with E-state index in [4.69, 9.17) is 9.47 Å². The van der Waals surface area contributed by atoms with Gasteiger partial charge in [0, 0.05) is 11.8 Å². The molecule has 0 N–H and O–H groups in total.